The van der Waals surface area contributed by atoms with Crippen LogP contribution in [0.3, 0.4) is 0 Å². The highest BCUT2D eigenvalue weighted by atomic mass is 16.2. The fourth-order valence-corrected chi connectivity index (χ4v) is 1.94. The maximum atomic E-state index is 12.1. The van der Waals surface area contributed by atoms with Gasteiger partial charge in [0.15, 0.2) is 5.69 Å². The van der Waals surface area contributed by atoms with E-state index in [2.05, 4.69) is 15.5 Å². The Morgan fingerprint density at radius 2 is 1.95 bits per heavy atom. The van der Waals surface area contributed by atoms with E-state index in [1.807, 2.05) is 12.1 Å². The molecule has 21 heavy (non-hydrogen) atoms. The molecule has 0 unspecified atom stereocenters. The lowest BCUT2D eigenvalue weighted by atomic mass is 10.3. The minimum atomic E-state index is -0.284. The first kappa shape index (κ1) is 12.9. The van der Waals surface area contributed by atoms with Crippen LogP contribution in [0.25, 0.3) is 5.69 Å². The van der Waals surface area contributed by atoms with Crippen LogP contribution in [-0.4, -0.2) is 25.5 Å². The van der Waals surface area contributed by atoms with Crippen molar-refractivity contribution in [2.24, 2.45) is 7.05 Å². The van der Waals surface area contributed by atoms with E-state index in [-0.39, 0.29) is 5.91 Å². The van der Waals surface area contributed by atoms with E-state index >= 15 is 0 Å². The Kier molecular flexibility index (Phi) is 3.15. The Balaban J connectivity index is 1.86. The van der Waals surface area contributed by atoms with E-state index in [0.29, 0.717) is 17.2 Å². The van der Waals surface area contributed by atoms with Crippen molar-refractivity contribution in [3.63, 3.8) is 0 Å². The highest BCUT2D eigenvalue weighted by Crippen LogP contribution is 2.16. The number of nitrogens with one attached hydrogen (secondary N) is 1. The van der Waals surface area contributed by atoms with Crippen molar-refractivity contribution in [2.75, 3.05) is 11.1 Å². The van der Waals surface area contributed by atoms with Gasteiger partial charge in [0.05, 0.1) is 11.9 Å². The number of anilines is 2. The Hall–Kier alpha value is -3.09. The van der Waals surface area contributed by atoms with E-state index in [9.17, 15) is 4.79 Å². The zero-order chi connectivity index (χ0) is 14.8. The normalized spacial score (nSPS) is 10.5. The number of hydrogen-bond acceptors (Lipinski definition) is 4. The van der Waals surface area contributed by atoms with Gasteiger partial charge >= 0.3 is 0 Å². The molecule has 3 aromatic rings. The Morgan fingerprint density at radius 3 is 2.62 bits per heavy atom. The maximum Gasteiger partial charge on any atom is 0.277 e. The van der Waals surface area contributed by atoms with Crippen LogP contribution in [-0.2, 0) is 7.05 Å². The summed E-state index contributed by atoms with van der Waals surface area (Å²) in [5, 5.41) is 11.1. The molecular weight excluding hydrogens is 268 g/mol. The SMILES string of the molecule is Cn1ccc(C(=O)Nc2ccnn2-c2ccc(N)cc2)n1. The standard InChI is InChI=1S/C14H14N6O/c1-19-9-7-12(18-19)14(21)17-13-6-8-16-20(13)11-4-2-10(15)3-5-11/h2-9H,15H2,1H3,(H,17,21). The first-order chi connectivity index (χ1) is 10.1. The zero-order valence-electron chi connectivity index (χ0n) is 11.4. The smallest absolute Gasteiger partial charge is 0.277 e. The summed E-state index contributed by atoms with van der Waals surface area (Å²) < 4.78 is 3.20. The Labute approximate surface area is 121 Å². The van der Waals surface area contributed by atoms with E-state index < -0.39 is 0 Å². The van der Waals surface area contributed by atoms with Crippen molar-refractivity contribution in [3.05, 3.63) is 54.5 Å². The number of nitrogen functional groups attached to an aromatic ring is 1. The number of carbonyl (C=O) groups is 1. The number of carbonyl (C=O) groups excluding carboxylic acids is 1. The average Bonchev–Trinajstić information content (AvgIpc) is 3.09. The van der Waals surface area contributed by atoms with Crippen molar-refractivity contribution in [1.29, 1.82) is 0 Å². The number of hydrogen-bond donors (Lipinski definition) is 2. The highest BCUT2D eigenvalue weighted by Gasteiger charge is 2.12. The molecule has 0 bridgehead atoms. The van der Waals surface area contributed by atoms with Crippen LogP contribution in [0.4, 0.5) is 11.5 Å². The molecule has 3 N–H and O–H groups in total. The predicted octanol–water partition coefficient (Wildman–Crippen LogP) is 1.44. The van der Waals surface area contributed by atoms with Crippen LogP contribution in [0, 0.1) is 0 Å². The molecule has 0 aliphatic rings. The van der Waals surface area contributed by atoms with Gasteiger partial charge in [-0.25, -0.2) is 4.68 Å². The van der Waals surface area contributed by atoms with Gasteiger partial charge in [0, 0.05) is 25.0 Å². The van der Waals surface area contributed by atoms with Gasteiger partial charge < -0.3 is 11.1 Å². The van der Waals surface area contributed by atoms with Crippen LogP contribution < -0.4 is 11.1 Å². The molecule has 0 saturated heterocycles. The molecule has 1 amide bonds. The molecule has 1 aromatic carbocycles. The lowest BCUT2D eigenvalue weighted by Crippen LogP contribution is -2.16. The number of amides is 1. The summed E-state index contributed by atoms with van der Waals surface area (Å²) in [6.07, 6.45) is 3.33. The topological polar surface area (TPSA) is 90.8 Å². The van der Waals surface area contributed by atoms with Gasteiger partial charge in [-0.3, -0.25) is 9.48 Å². The molecule has 0 atom stereocenters. The maximum absolute atomic E-state index is 12.1. The summed E-state index contributed by atoms with van der Waals surface area (Å²) in [6, 6.07) is 10.6. The van der Waals surface area contributed by atoms with E-state index in [4.69, 9.17) is 5.73 Å². The quantitative estimate of drug-likeness (QED) is 0.711. The Bertz CT molecular complexity index is 771. The number of nitrogens with two attached hydrogens (primary N) is 1. The van der Waals surface area contributed by atoms with Crippen molar-refractivity contribution >= 4 is 17.4 Å². The molecule has 7 nitrogen and oxygen atoms in total. The number of aromatic nitrogens is 4. The summed E-state index contributed by atoms with van der Waals surface area (Å²) >= 11 is 0. The number of aryl methyl sites for hydroxylation is 1. The second kappa shape index (κ2) is 5.12. The molecule has 3 rings (SSSR count). The molecule has 7 heteroatoms. The monoisotopic (exact) mass is 282 g/mol. The third kappa shape index (κ3) is 2.62. The molecule has 2 heterocycles. The van der Waals surface area contributed by atoms with Crippen molar-refractivity contribution in [2.45, 2.75) is 0 Å². The molecule has 0 aliphatic heterocycles. The molecule has 0 fully saturated rings. The van der Waals surface area contributed by atoms with Crippen molar-refractivity contribution in [1.82, 2.24) is 19.6 Å². The minimum Gasteiger partial charge on any atom is -0.399 e. The molecule has 106 valence electrons. The molecule has 0 radical (unpaired) electrons. The third-order valence-electron chi connectivity index (χ3n) is 2.97. The zero-order valence-corrected chi connectivity index (χ0v) is 11.4. The summed E-state index contributed by atoms with van der Waals surface area (Å²) in [4.78, 5) is 12.1. The highest BCUT2D eigenvalue weighted by molar-refractivity contribution is 6.02. The summed E-state index contributed by atoms with van der Waals surface area (Å²) in [6.45, 7) is 0. The van der Waals surface area contributed by atoms with E-state index in [1.165, 1.54) is 0 Å². The van der Waals surface area contributed by atoms with Gasteiger partial charge in [-0.15, -0.1) is 0 Å². The number of rotatable bonds is 3. The second-order valence-corrected chi connectivity index (χ2v) is 4.55. The first-order valence-corrected chi connectivity index (χ1v) is 6.34. The van der Waals surface area contributed by atoms with Gasteiger partial charge in [-0.1, -0.05) is 0 Å². The second-order valence-electron chi connectivity index (χ2n) is 4.55. The number of nitrogens with zero attached hydrogens (tertiary/aromatic N) is 4. The van der Waals surface area contributed by atoms with Crippen LogP contribution in [0.2, 0.25) is 0 Å². The van der Waals surface area contributed by atoms with Crippen LogP contribution >= 0.6 is 0 Å². The minimum absolute atomic E-state index is 0.284. The van der Waals surface area contributed by atoms with E-state index in [1.54, 1.807) is 53.1 Å². The van der Waals surface area contributed by atoms with Crippen LogP contribution in [0.1, 0.15) is 10.5 Å². The molecule has 0 saturated carbocycles. The molecule has 0 spiro atoms. The molecule has 2 aromatic heterocycles. The average molecular weight is 282 g/mol. The largest absolute Gasteiger partial charge is 0.399 e. The van der Waals surface area contributed by atoms with E-state index in [0.717, 1.165) is 5.69 Å². The summed E-state index contributed by atoms with van der Waals surface area (Å²) in [5.74, 6) is 0.281. The molecule has 0 aliphatic carbocycles. The van der Waals surface area contributed by atoms with Crippen LogP contribution in [0.15, 0.2) is 48.8 Å². The van der Waals surface area contributed by atoms with Gasteiger partial charge in [-0.2, -0.15) is 10.2 Å². The van der Waals surface area contributed by atoms with Gasteiger partial charge in [0.25, 0.3) is 5.91 Å². The van der Waals surface area contributed by atoms with Gasteiger partial charge in [0.1, 0.15) is 5.82 Å². The predicted molar refractivity (Wildman–Crippen MR) is 79.1 cm³/mol. The van der Waals surface area contributed by atoms with Crippen molar-refractivity contribution < 1.29 is 4.79 Å². The first-order valence-electron chi connectivity index (χ1n) is 6.34. The number of benzene rings is 1. The van der Waals surface area contributed by atoms with Gasteiger partial charge in [-0.05, 0) is 30.3 Å². The third-order valence-corrected chi connectivity index (χ3v) is 2.97. The molecular formula is C14H14N6O. The fraction of sp³-hybridized carbons (Fsp3) is 0.0714. The lowest BCUT2D eigenvalue weighted by Gasteiger charge is -2.08. The summed E-state index contributed by atoms with van der Waals surface area (Å²) in [5.41, 5.74) is 7.50. The summed E-state index contributed by atoms with van der Waals surface area (Å²) in [7, 11) is 1.76. The van der Waals surface area contributed by atoms with Gasteiger partial charge in [0.2, 0.25) is 0 Å². The Morgan fingerprint density at radius 1 is 1.19 bits per heavy atom. The lowest BCUT2D eigenvalue weighted by molar-refractivity contribution is 0.102. The van der Waals surface area contributed by atoms with Crippen LogP contribution in [0.5, 0.6) is 0 Å². The fourth-order valence-electron chi connectivity index (χ4n) is 1.94. The van der Waals surface area contributed by atoms with Crippen molar-refractivity contribution in [3.8, 4) is 5.69 Å².